The summed E-state index contributed by atoms with van der Waals surface area (Å²) in [7, 11) is 1.54. The number of anilines is 1. The number of pyridine rings is 1. The van der Waals surface area contributed by atoms with Crippen LogP contribution in [0.25, 0.3) is 0 Å². The van der Waals surface area contributed by atoms with Crippen molar-refractivity contribution in [2.45, 2.75) is 20.8 Å². The van der Waals surface area contributed by atoms with E-state index in [1.165, 1.54) is 7.11 Å². The summed E-state index contributed by atoms with van der Waals surface area (Å²) in [5.41, 5.74) is 3.55. The molecule has 0 aliphatic rings. The van der Waals surface area contributed by atoms with Gasteiger partial charge in [-0.1, -0.05) is 11.6 Å². The molecule has 110 valence electrons. The molecule has 0 fully saturated rings. The number of hydrogen-bond acceptors (Lipinski definition) is 3. The molecule has 5 heteroatoms. The summed E-state index contributed by atoms with van der Waals surface area (Å²) in [6, 6.07) is 5.31. The average molecular weight is 305 g/mol. The Morgan fingerprint density at radius 3 is 2.62 bits per heavy atom. The number of rotatable bonds is 3. The van der Waals surface area contributed by atoms with Crippen molar-refractivity contribution in [1.29, 1.82) is 0 Å². The summed E-state index contributed by atoms with van der Waals surface area (Å²) >= 11 is 6.24. The summed E-state index contributed by atoms with van der Waals surface area (Å²) in [5.74, 6) is 0.259. The molecule has 0 aliphatic carbocycles. The van der Waals surface area contributed by atoms with Crippen LogP contribution in [0.4, 0.5) is 5.69 Å². The van der Waals surface area contributed by atoms with Gasteiger partial charge in [0.05, 0.1) is 12.7 Å². The van der Waals surface area contributed by atoms with Crippen molar-refractivity contribution in [2.75, 3.05) is 12.4 Å². The van der Waals surface area contributed by atoms with E-state index in [2.05, 4.69) is 10.3 Å². The Bertz CT molecular complexity index is 699. The second kappa shape index (κ2) is 6.14. The highest BCUT2D eigenvalue weighted by molar-refractivity contribution is 6.33. The van der Waals surface area contributed by atoms with Crippen LogP contribution in [0.2, 0.25) is 5.02 Å². The molecular weight excluding hydrogens is 288 g/mol. The zero-order chi connectivity index (χ0) is 15.6. The van der Waals surface area contributed by atoms with Crippen molar-refractivity contribution in [3.8, 4) is 5.75 Å². The molecule has 1 heterocycles. The Labute approximate surface area is 129 Å². The number of aryl methyl sites for hydroxylation is 2. The molecule has 0 aliphatic heterocycles. The standard InChI is InChI=1S/C16H17ClN2O2/c1-9-7-13(21-4)14(11(3)15(9)17)16(20)19-12-5-6-18-10(2)8-12/h5-8H,1-4H3,(H,18,19,20). The maximum Gasteiger partial charge on any atom is 0.259 e. The highest BCUT2D eigenvalue weighted by Gasteiger charge is 2.19. The Morgan fingerprint density at radius 2 is 2.00 bits per heavy atom. The van der Waals surface area contributed by atoms with E-state index >= 15 is 0 Å². The summed E-state index contributed by atoms with van der Waals surface area (Å²) < 4.78 is 5.31. The van der Waals surface area contributed by atoms with Crippen molar-refractivity contribution in [3.05, 3.63) is 51.8 Å². The van der Waals surface area contributed by atoms with Crippen LogP contribution in [0, 0.1) is 20.8 Å². The van der Waals surface area contributed by atoms with Crippen molar-refractivity contribution < 1.29 is 9.53 Å². The summed E-state index contributed by atoms with van der Waals surface area (Å²) in [5, 5.41) is 3.42. The molecule has 0 spiro atoms. The van der Waals surface area contributed by atoms with E-state index in [0.29, 0.717) is 27.6 Å². The fourth-order valence-electron chi connectivity index (χ4n) is 2.18. The number of carbonyl (C=O) groups excluding carboxylic acids is 1. The highest BCUT2D eigenvalue weighted by Crippen LogP contribution is 2.32. The predicted molar refractivity (Wildman–Crippen MR) is 84.4 cm³/mol. The largest absolute Gasteiger partial charge is 0.496 e. The first-order valence-electron chi connectivity index (χ1n) is 6.51. The van der Waals surface area contributed by atoms with Crippen LogP contribution in [-0.2, 0) is 0 Å². The highest BCUT2D eigenvalue weighted by atomic mass is 35.5. The SMILES string of the molecule is COc1cc(C)c(Cl)c(C)c1C(=O)Nc1ccnc(C)c1. The second-order valence-corrected chi connectivity index (χ2v) is 5.23. The number of aromatic nitrogens is 1. The Kier molecular flexibility index (Phi) is 4.48. The molecule has 0 saturated carbocycles. The monoisotopic (exact) mass is 304 g/mol. The van der Waals surface area contributed by atoms with Crippen LogP contribution in [0.3, 0.4) is 0 Å². The van der Waals surface area contributed by atoms with E-state index < -0.39 is 0 Å². The zero-order valence-electron chi connectivity index (χ0n) is 12.5. The Hall–Kier alpha value is -2.07. The summed E-state index contributed by atoms with van der Waals surface area (Å²) in [6.45, 7) is 5.56. The number of halogens is 1. The molecule has 0 bridgehead atoms. The molecule has 1 N–H and O–H groups in total. The molecule has 1 amide bonds. The van der Waals surface area contributed by atoms with Gasteiger partial charge in [-0.2, -0.15) is 0 Å². The van der Waals surface area contributed by atoms with Crippen LogP contribution in [0.5, 0.6) is 5.75 Å². The van der Waals surface area contributed by atoms with Crippen molar-refractivity contribution in [1.82, 2.24) is 4.98 Å². The smallest absolute Gasteiger partial charge is 0.259 e. The molecule has 1 aromatic carbocycles. The molecule has 0 saturated heterocycles. The van der Waals surface area contributed by atoms with E-state index in [0.717, 1.165) is 11.3 Å². The fourth-order valence-corrected chi connectivity index (χ4v) is 2.33. The molecule has 4 nitrogen and oxygen atoms in total. The van der Waals surface area contributed by atoms with Gasteiger partial charge in [-0.05, 0) is 50.1 Å². The quantitative estimate of drug-likeness (QED) is 0.935. The summed E-state index contributed by atoms with van der Waals surface area (Å²) in [4.78, 5) is 16.6. The van der Waals surface area contributed by atoms with Gasteiger partial charge in [0.1, 0.15) is 5.75 Å². The lowest BCUT2D eigenvalue weighted by Crippen LogP contribution is -2.15. The molecule has 0 atom stereocenters. The first kappa shape index (κ1) is 15.3. The lowest BCUT2D eigenvalue weighted by atomic mass is 10.0. The van der Waals surface area contributed by atoms with Gasteiger partial charge in [0, 0.05) is 22.6 Å². The van der Waals surface area contributed by atoms with Crippen LogP contribution in [-0.4, -0.2) is 18.0 Å². The average Bonchev–Trinajstić information content (AvgIpc) is 2.44. The summed E-state index contributed by atoms with van der Waals surface area (Å²) in [6.07, 6.45) is 1.65. The number of nitrogens with one attached hydrogen (secondary N) is 1. The lowest BCUT2D eigenvalue weighted by molar-refractivity contribution is 0.102. The molecule has 0 unspecified atom stereocenters. The first-order chi connectivity index (χ1) is 9.93. The predicted octanol–water partition coefficient (Wildman–Crippen LogP) is 3.92. The first-order valence-corrected chi connectivity index (χ1v) is 6.89. The van der Waals surface area contributed by atoms with Gasteiger partial charge in [0.15, 0.2) is 0 Å². The molecule has 2 aromatic rings. The minimum atomic E-state index is -0.253. The minimum Gasteiger partial charge on any atom is -0.496 e. The van der Waals surface area contributed by atoms with E-state index in [-0.39, 0.29) is 5.91 Å². The van der Waals surface area contributed by atoms with Crippen LogP contribution in [0.15, 0.2) is 24.4 Å². The molecular formula is C16H17ClN2O2. The molecule has 1 aromatic heterocycles. The van der Waals surface area contributed by atoms with Crippen molar-refractivity contribution in [3.63, 3.8) is 0 Å². The number of hydrogen-bond donors (Lipinski definition) is 1. The van der Waals surface area contributed by atoms with Gasteiger partial charge in [0.2, 0.25) is 0 Å². The minimum absolute atomic E-state index is 0.253. The van der Waals surface area contributed by atoms with Crippen molar-refractivity contribution in [2.24, 2.45) is 0 Å². The van der Waals surface area contributed by atoms with Crippen LogP contribution < -0.4 is 10.1 Å². The fraction of sp³-hybridized carbons (Fsp3) is 0.250. The van der Waals surface area contributed by atoms with Gasteiger partial charge in [-0.25, -0.2) is 0 Å². The normalized spacial score (nSPS) is 10.3. The van der Waals surface area contributed by atoms with E-state index in [1.54, 1.807) is 24.4 Å². The maximum absolute atomic E-state index is 12.5. The van der Waals surface area contributed by atoms with Crippen molar-refractivity contribution >= 4 is 23.2 Å². The van der Waals surface area contributed by atoms with Gasteiger partial charge >= 0.3 is 0 Å². The van der Waals surface area contributed by atoms with E-state index in [9.17, 15) is 4.79 Å². The number of methoxy groups -OCH3 is 1. The third kappa shape index (κ3) is 3.16. The number of carbonyl (C=O) groups is 1. The number of nitrogens with zero attached hydrogens (tertiary/aromatic N) is 1. The third-order valence-corrected chi connectivity index (χ3v) is 3.83. The van der Waals surface area contributed by atoms with E-state index in [1.807, 2.05) is 20.8 Å². The van der Waals surface area contributed by atoms with Gasteiger partial charge in [-0.3, -0.25) is 9.78 Å². The maximum atomic E-state index is 12.5. The van der Waals surface area contributed by atoms with Crippen LogP contribution >= 0.6 is 11.6 Å². The van der Waals surface area contributed by atoms with Crippen LogP contribution in [0.1, 0.15) is 27.2 Å². The number of amides is 1. The molecule has 21 heavy (non-hydrogen) atoms. The van der Waals surface area contributed by atoms with E-state index in [4.69, 9.17) is 16.3 Å². The van der Waals surface area contributed by atoms with Gasteiger partial charge in [0.25, 0.3) is 5.91 Å². The topological polar surface area (TPSA) is 51.2 Å². The lowest BCUT2D eigenvalue weighted by Gasteiger charge is -2.15. The zero-order valence-corrected chi connectivity index (χ0v) is 13.2. The molecule has 0 radical (unpaired) electrons. The molecule has 2 rings (SSSR count). The Balaban J connectivity index is 2.41. The second-order valence-electron chi connectivity index (χ2n) is 4.85. The number of benzene rings is 1. The number of ether oxygens (including phenoxy) is 1. The third-order valence-electron chi connectivity index (χ3n) is 3.25. The Morgan fingerprint density at radius 1 is 1.29 bits per heavy atom. The van der Waals surface area contributed by atoms with Gasteiger partial charge in [-0.15, -0.1) is 0 Å². The van der Waals surface area contributed by atoms with Gasteiger partial charge < -0.3 is 10.1 Å².